The molecule has 0 radical (unpaired) electrons. The van der Waals surface area contributed by atoms with Gasteiger partial charge in [0.1, 0.15) is 18.7 Å². The molecule has 1 rings (SSSR count). The predicted molar refractivity (Wildman–Crippen MR) is 66.4 cm³/mol. The molecule has 1 fully saturated rings. The smallest absolute Gasteiger partial charge is 0.410 e. The zero-order valence-electron chi connectivity index (χ0n) is 11.8. The maximum absolute atomic E-state index is 11.8. The third-order valence-electron chi connectivity index (χ3n) is 2.52. The van der Waals surface area contributed by atoms with Crippen molar-refractivity contribution in [2.75, 3.05) is 33.3 Å². The van der Waals surface area contributed by atoms with Crippen LogP contribution in [-0.4, -0.2) is 66.7 Å². The Kier molecular flexibility index (Phi) is 4.74. The van der Waals surface area contributed by atoms with Crippen LogP contribution in [0, 0.1) is 0 Å². The minimum absolute atomic E-state index is 0.0775. The van der Waals surface area contributed by atoms with Crippen molar-refractivity contribution >= 4 is 18.0 Å². The van der Waals surface area contributed by atoms with E-state index in [0.717, 1.165) is 0 Å². The lowest BCUT2D eigenvalue weighted by Crippen LogP contribution is -2.54. The lowest BCUT2D eigenvalue weighted by molar-refractivity contribution is -0.149. The maximum atomic E-state index is 11.8. The van der Waals surface area contributed by atoms with Crippen LogP contribution in [0.2, 0.25) is 0 Å². The van der Waals surface area contributed by atoms with Gasteiger partial charge in [-0.25, -0.2) is 4.79 Å². The van der Waals surface area contributed by atoms with Crippen LogP contribution < -0.4 is 0 Å². The molecule has 108 valence electrons. The summed E-state index contributed by atoms with van der Waals surface area (Å²) in [7, 11) is 1.27. The molecular formula is C12H20N2O5. The van der Waals surface area contributed by atoms with Crippen LogP contribution >= 0.6 is 0 Å². The van der Waals surface area contributed by atoms with Crippen molar-refractivity contribution in [1.29, 1.82) is 0 Å². The first-order valence-electron chi connectivity index (χ1n) is 6.05. The Hall–Kier alpha value is -1.79. The molecule has 19 heavy (non-hydrogen) atoms. The second-order valence-electron chi connectivity index (χ2n) is 5.29. The van der Waals surface area contributed by atoms with Crippen molar-refractivity contribution in [1.82, 2.24) is 9.80 Å². The minimum Gasteiger partial charge on any atom is -0.468 e. The molecular weight excluding hydrogens is 252 g/mol. The Morgan fingerprint density at radius 2 is 1.89 bits per heavy atom. The molecule has 0 spiro atoms. The van der Waals surface area contributed by atoms with Gasteiger partial charge in [-0.15, -0.1) is 0 Å². The Labute approximate surface area is 112 Å². The summed E-state index contributed by atoms with van der Waals surface area (Å²) in [4.78, 5) is 37.4. The van der Waals surface area contributed by atoms with E-state index in [1.54, 1.807) is 20.8 Å². The fourth-order valence-electron chi connectivity index (χ4n) is 1.58. The molecule has 7 nitrogen and oxygen atoms in total. The van der Waals surface area contributed by atoms with Crippen LogP contribution in [0.1, 0.15) is 20.8 Å². The number of amides is 2. The third-order valence-corrected chi connectivity index (χ3v) is 2.52. The van der Waals surface area contributed by atoms with Gasteiger partial charge < -0.3 is 14.4 Å². The van der Waals surface area contributed by atoms with E-state index < -0.39 is 17.7 Å². The van der Waals surface area contributed by atoms with Crippen LogP contribution in [0.5, 0.6) is 0 Å². The van der Waals surface area contributed by atoms with Gasteiger partial charge in [0.25, 0.3) is 0 Å². The molecule has 7 heteroatoms. The summed E-state index contributed by atoms with van der Waals surface area (Å²) in [6.07, 6.45) is -0.515. The molecule has 0 aliphatic carbocycles. The van der Waals surface area contributed by atoms with E-state index in [9.17, 15) is 14.4 Å². The normalized spacial score (nSPS) is 16.3. The number of methoxy groups -OCH3 is 1. The number of nitrogens with zero attached hydrogens (tertiary/aromatic N) is 2. The molecule has 0 N–H and O–H groups in total. The summed E-state index contributed by atoms with van der Waals surface area (Å²) in [5.41, 5.74) is -0.594. The number of ether oxygens (including phenoxy) is 2. The molecule has 0 atom stereocenters. The summed E-state index contributed by atoms with van der Waals surface area (Å²) < 4.78 is 9.69. The number of rotatable bonds is 2. The Morgan fingerprint density at radius 1 is 1.26 bits per heavy atom. The molecule has 0 aromatic heterocycles. The zero-order chi connectivity index (χ0) is 14.6. The summed E-state index contributed by atoms with van der Waals surface area (Å²) >= 11 is 0. The first kappa shape index (κ1) is 15.3. The lowest BCUT2D eigenvalue weighted by atomic mass is 10.2. The van der Waals surface area contributed by atoms with Crippen LogP contribution in [0.25, 0.3) is 0 Å². The van der Waals surface area contributed by atoms with Crippen LogP contribution in [0.15, 0.2) is 0 Å². The molecule has 1 aliphatic rings. The number of esters is 1. The largest absolute Gasteiger partial charge is 0.468 e. The van der Waals surface area contributed by atoms with Crippen molar-refractivity contribution in [3.8, 4) is 0 Å². The average Bonchev–Trinajstić information content (AvgIpc) is 2.29. The van der Waals surface area contributed by atoms with Crippen LogP contribution in [0.4, 0.5) is 4.79 Å². The second-order valence-corrected chi connectivity index (χ2v) is 5.29. The predicted octanol–water partition coefficient (Wildman–Crippen LogP) is 0.239. The molecule has 1 heterocycles. The Morgan fingerprint density at radius 3 is 2.37 bits per heavy atom. The summed E-state index contributed by atoms with van der Waals surface area (Å²) in [5, 5.41) is 0. The fourth-order valence-corrected chi connectivity index (χ4v) is 1.58. The molecule has 0 bridgehead atoms. The van der Waals surface area contributed by atoms with E-state index in [0.29, 0.717) is 13.1 Å². The van der Waals surface area contributed by atoms with E-state index in [4.69, 9.17) is 4.74 Å². The average molecular weight is 272 g/mol. The first-order chi connectivity index (χ1) is 8.73. The SMILES string of the molecule is COC(=O)CN1CCN(C(=O)OC(C)(C)C)CC1=O. The fraction of sp³-hybridized carbons (Fsp3) is 0.750. The highest BCUT2D eigenvalue weighted by atomic mass is 16.6. The first-order valence-corrected chi connectivity index (χ1v) is 6.05. The molecule has 0 aromatic carbocycles. The zero-order valence-corrected chi connectivity index (χ0v) is 11.8. The van der Waals surface area contributed by atoms with Crippen LogP contribution in [0.3, 0.4) is 0 Å². The van der Waals surface area contributed by atoms with Crippen molar-refractivity contribution in [2.45, 2.75) is 26.4 Å². The van der Waals surface area contributed by atoms with Gasteiger partial charge in [-0.3, -0.25) is 14.5 Å². The second kappa shape index (κ2) is 5.90. The van der Waals surface area contributed by atoms with Gasteiger partial charge in [-0.1, -0.05) is 0 Å². The van der Waals surface area contributed by atoms with Gasteiger partial charge in [0.05, 0.1) is 7.11 Å². The molecule has 1 saturated heterocycles. The quantitative estimate of drug-likeness (QED) is 0.673. The number of hydrogen-bond donors (Lipinski definition) is 0. The molecule has 1 aliphatic heterocycles. The van der Waals surface area contributed by atoms with Crippen molar-refractivity contribution in [2.24, 2.45) is 0 Å². The van der Waals surface area contributed by atoms with Crippen molar-refractivity contribution in [3.63, 3.8) is 0 Å². The molecule has 0 unspecified atom stereocenters. The summed E-state index contributed by atoms with van der Waals surface area (Å²) in [6.45, 7) is 5.77. The minimum atomic E-state index is -0.594. The monoisotopic (exact) mass is 272 g/mol. The number of carbonyl (C=O) groups excluding carboxylic acids is 3. The number of piperazine rings is 1. The van der Waals surface area contributed by atoms with Gasteiger partial charge in [-0.2, -0.15) is 0 Å². The van der Waals surface area contributed by atoms with Crippen molar-refractivity contribution in [3.05, 3.63) is 0 Å². The molecule has 0 aromatic rings. The topological polar surface area (TPSA) is 76.2 Å². The van der Waals surface area contributed by atoms with Gasteiger partial charge in [0.2, 0.25) is 5.91 Å². The van der Waals surface area contributed by atoms with Gasteiger partial charge in [-0.05, 0) is 20.8 Å². The van der Waals surface area contributed by atoms with E-state index in [2.05, 4.69) is 4.74 Å². The summed E-state index contributed by atoms with van der Waals surface area (Å²) in [5.74, 6) is -0.762. The van der Waals surface area contributed by atoms with E-state index in [1.807, 2.05) is 0 Å². The number of carbonyl (C=O) groups is 3. The van der Waals surface area contributed by atoms with Gasteiger partial charge >= 0.3 is 12.1 Å². The highest BCUT2D eigenvalue weighted by Gasteiger charge is 2.31. The van der Waals surface area contributed by atoms with Crippen molar-refractivity contribution < 1.29 is 23.9 Å². The number of hydrogen-bond acceptors (Lipinski definition) is 5. The van der Waals surface area contributed by atoms with E-state index >= 15 is 0 Å². The van der Waals surface area contributed by atoms with Crippen LogP contribution in [-0.2, 0) is 19.1 Å². The van der Waals surface area contributed by atoms with Gasteiger partial charge in [0.15, 0.2) is 0 Å². The lowest BCUT2D eigenvalue weighted by Gasteiger charge is -2.34. The molecule has 2 amide bonds. The summed E-state index contributed by atoms with van der Waals surface area (Å²) in [6, 6.07) is 0. The highest BCUT2D eigenvalue weighted by Crippen LogP contribution is 2.12. The molecule has 0 saturated carbocycles. The third kappa shape index (κ3) is 4.76. The maximum Gasteiger partial charge on any atom is 0.410 e. The Bertz CT molecular complexity index is 375. The van der Waals surface area contributed by atoms with E-state index in [-0.39, 0.29) is 19.0 Å². The highest BCUT2D eigenvalue weighted by molar-refractivity contribution is 5.86. The standard InChI is InChI=1S/C12H20N2O5/c1-12(2,3)19-11(17)14-6-5-13(9(15)7-14)8-10(16)18-4/h5-8H2,1-4H3. The Balaban J connectivity index is 2.52. The van der Waals surface area contributed by atoms with E-state index in [1.165, 1.54) is 16.9 Å². The van der Waals surface area contributed by atoms with Gasteiger partial charge in [0, 0.05) is 13.1 Å².